The molecule has 10 heteroatoms. The van der Waals surface area contributed by atoms with Crippen LogP contribution in [0.3, 0.4) is 0 Å². The summed E-state index contributed by atoms with van der Waals surface area (Å²) in [5, 5.41) is 11.4. The van der Waals surface area contributed by atoms with E-state index in [1.165, 1.54) is 11.3 Å². The summed E-state index contributed by atoms with van der Waals surface area (Å²) in [5.74, 6) is 0.449. The fraction of sp³-hybridized carbons (Fsp3) is 0.143. The van der Waals surface area contributed by atoms with Crippen LogP contribution in [0.15, 0.2) is 61.1 Å². The normalized spacial score (nSPS) is 11.5. The zero-order valence-corrected chi connectivity index (χ0v) is 21.7. The van der Waals surface area contributed by atoms with E-state index in [-0.39, 0.29) is 17.6 Å². The lowest BCUT2D eigenvalue weighted by Crippen LogP contribution is -2.17. The monoisotopic (exact) mass is 521 g/mol. The molecule has 0 aliphatic carbocycles. The minimum Gasteiger partial charge on any atom is -0.336 e. The van der Waals surface area contributed by atoms with E-state index in [9.17, 15) is 9.59 Å². The maximum absolute atomic E-state index is 12.1. The molecule has 0 radical (unpaired) electrons. The number of thiophene rings is 1. The molecule has 5 heterocycles. The van der Waals surface area contributed by atoms with Crippen molar-refractivity contribution >= 4 is 50.7 Å². The molecular weight excluding hydrogens is 498 g/mol. The molecule has 0 atom stereocenters. The summed E-state index contributed by atoms with van der Waals surface area (Å²) in [6.45, 7) is 5.25. The Morgan fingerprint density at radius 1 is 0.974 bits per heavy atom. The number of Topliss-reactive ketones (excluding diaryl/α,β-unsaturated/α-hetero) is 1. The van der Waals surface area contributed by atoms with Crippen molar-refractivity contribution in [3.05, 3.63) is 65.9 Å². The van der Waals surface area contributed by atoms with Crippen LogP contribution in [0, 0.1) is 5.92 Å². The van der Waals surface area contributed by atoms with Crippen LogP contribution in [-0.4, -0.2) is 41.8 Å². The lowest BCUT2D eigenvalue weighted by atomic mass is 10.0. The van der Waals surface area contributed by atoms with Crippen molar-refractivity contribution in [3.63, 3.8) is 0 Å². The van der Waals surface area contributed by atoms with Gasteiger partial charge in [0.25, 0.3) is 0 Å². The third-order valence-electron chi connectivity index (χ3n) is 6.24. The summed E-state index contributed by atoms with van der Waals surface area (Å²) < 4.78 is 0. The van der Waals surface area contributed by atoms with Gasteiger partial charge in [0.05, 0.1) is 32.7 Å². The number of carbonyl (C=O) groups is 2. The number of aromatic amines is 2. The highest BCUT2D eigenvalue weighted by Crippen LogP contribution is 2.34. The standard InChI is InChI=1S/C28H23N7O2S/c1-14(2)28(37)31-18-10-17(12-29-13-18)16-4-5-20-19(11-16)24(35-34-20)27-32-21-8-9-30-26(25(21)33-27)23-7-6-22(38-23)15(3)36/h4-14H,1-3H3,(H,31,37)(H,32,33)(H,34,35). The molecule has 0 saturated heterocycles. The average Bonchev–Trinajstić information content (AvgIpc) is 3.66. The number of carbonyl (C=O) groups excluding carboxylic acids is 2. The van der Waals surface area contributed by atoms with Gasteiger partial charge in [-0.1, -0.05) is 19.9 Å². The average molecular weight is 522 g/mol. The first-order valence-corrected chi connectivity index (χ1v) is 12.9. The molecule has 38 heavy (non-hydrogen) atoms. The smallest absolute Gasteiger partial charge is 0.226 e. The molecule has 0 spiro atoms. The van der Waals surface area contributed by atoms with Crippen molar-refractivity contribution in [1.29, 1.82) is 0 Å². The van der Waals surface area contributed by atoms with Gasteiger partial charge in [0.15, 0.2) is 11.6 Å². The Kier molecular flexibility index (Phi) is 5.80. The van der Waals surface area contributed by atoms with E-state index < -0.39 is 0 Å². The number of fused-ring (bicyclic) bond motifs is 2. The van der Waals surface area contributed by atoms with E-state index in [0.29, 0.717) is 27.6 Å². The SMILES string of the molecule is CC(=O)c1ccc(-c2nccc3[nH]c(-c4n[nH]c5ccc(-c6cncc(NC(=O)C(C)C)c6)cc45)nc23)s1. The number of aromatic nitrogens is 6. The second-order valence-electron chi connectivity index (χ2n) is 9.30. The van der Waals surface area contributed by atoms with E-state index in [4.69, 9.17) is 4.98 Å². The zero-order chi connectivity index (χ0) is 26.4. The first-order chi connectivity index (χ1) is 18.4. The lowest BCUT2D eigenvalue weighted by molar-refractivity contribution is -0.118. The molecule has 1 amide bonds. The maximum Gasteiger partial charge on any atom is 0.226 e. The van der Waals surface area contributed by atoms with Crippen molar-refractivity contribution in [3.8, 4) is 33.2 Å². The molecule has 0 aliphatic rings. The highest BCUT2D eigenvalue weighted by atomic mass is 32.1. The van der Waals surface area contributed by atoms with Gasteiger partial charge >= 0.3 is 0 Å². The highest BCUT2D eigenvalue weighted by Gasteiger charge is 2.18. The molecule has 3 N–H and O–H groups in total. The molecule has 5 aromatic heterocycles. The number of rotatable bonds is 6. The summed E-state index contributed by atoms with van der Waals surface area (Å²) >= 11 is 1.40. The summed E-state index contributed by atoms with van der Waals surface area (Å²) in [6, 6.07) is 13.5. The second kappa shape index (κ2) is 9.31. The molecule has 9 nitrogen and oxygen atoms in total. The lowest BCUT2D eigenvalue weighted by Gasteiger charge is -2.09. The predicted molar refractivity (Wildman–Crippen MR) is 149 cm³/mol. The van der Waals surface area contributed by atoms with Gasteiger partial charge in [0.2, 0.25) is 5.91 Å². The van der Waals surface area contributed by atoms with E-state index >= 15 is 0 Å². The summed E-state index contributed by atoms with van der Waals surface area (Å²) in [6.07, 6.45) is 5.13. The molecular formula is C28H23N7O2S. The van der Waals surface area contributed by atoms with Crippen molar-refractivity contribution in [1.82, 2.24) is 30.1 Å². The minimum absolute atomic E-state index is 0.0259. The van der Waals surface area contributed by atoms with Gasteiger partial charge in [-0.3, -0.25) is 24.7 Å². The van der Waals surface area contributed by atoms with Crippen molar-refractivity contribution in [2.45, 2.75) is 20.8 Å². The third-order valence-corrected chi connectivity index (χ3v) is 7.43. The number of benzene rings is 1. The topological polar surface area (TPSA) is 129 Å². The van der Waals surface area contributed by atoms with Gasteiger partial charge in [0, 0.05) is 29.3 Å². The fourth-order valence-electron chi connectivity index (χ4n) is 4.21. The van der Waals surface area contributed by atoms with Crippen molar-refractivity contribution in [2.24, 2.45) is 5.92 Å². The van der Waals surface area contributed by atoms with Gasteiger partial charge in [0.1, 0.15) is 16.9 Å². The number of nitrogens with zero attached hydrogens (tertiary/aromatic N) is 4. The number of imidazole rings is 1. The minimum atomic E-state index is -0.126. The predicted octanol–water partition coefficient (Wildman–Crippen LogP) is 6.09. The van der Waals surface area contributed by atoms with Gasteiger partial charge in [-0.05, 0) is 48.9 Å². The first kappa shape index (κ1) is 23.7. The van der Waals surface area contributed by atoms with Gasteiger partial charge in [-0.25, -0.2) is 4.98 Å². The molecule has 1 aromatic carbocycles. The Hall–Kier alpha value is -4.70. The molecule has 6 rings (SSSR count). The van der Waals surface area contributed by atoms with Crippen LogP contribution in [0.1, 0.15) is 30.4 Å². The summed E-state index contributed by atoms with van der Waals surface area (Å²) in [5.41, 5.74) is 6.25. The number of amides is 1. The number of H-pyrrole nitrogens is 2. The van der Waals surface area contributed by atoms with Crippen molar-refractivity contribution < 1.29 is 9.59 Å². The quantitative estimate of drug-likeness (QED) is 0.228. The Morgan fingerprint density at radius 3 is 2.63 bits per heavy atom. The summed E-state index contributed by atoms with van der Waals surface area (Å²) in [4.78, 5) is 42.6. The van der Waals surface area contributed by atoms with Gasteiger partial charge in [-0.2, -0.15) is 5.10 Å². The van der Waals surface area contributed by atoms with E-state index in [0.717, 1.165) is 38.1 Å². The van der Waals surface area contributed by atoms with Crippen LogP contribution < -0.4 is 5.32 Å². The Morgan fingerprint density at radius 2 is 1.84 bits per heavy atom. The number of nitrogens with one attached hydrogen (secondary N) is 3. The number of anilines is 1. The van der Waals surface area contributed by atoms with Crippen LogP contribution in [0.4, 0.5) is 5.69 Å². The second-order valence-corrected chi connectivity index (χ2v) is 10.4. The Bertz CT molecular complexity index is 1850. The fourth-order valence-corrected chi connectivity index (χ4v) is 5.11. The number of hydrogen-bond donors (Lipinski definition) is 3. The van der Waals surface area contributed by atoms with E-state index in [1.807, 2.05) is 56.3 Å². The molecule has 0 aliphatic heterocycles. The van der Waals surface area contributed by atoms with Crippen molar-refractivity contribution in [2.75, 3.05) is 5.32 Å². The largest absolute Gasteiger partial charge is 0.336 e. The molecule has 0 bridgehead atoms. The Labute approximate surface area is 221 Å². The van der Waals surface area contributed by atoms with Crippen LogP contribution in [0.2, 0.25) is 0 Å². The third kappa shape index (κ3) is 4.24. The maximum atomic E-state index is 12.1. The van der Waals surface area contributed by atoms with Crippen LogP contribution in [0.5, 0.6) is 0 Å². The van der Waals surface area contributed by atoms with Crippen LogP contribution >= 0.6 is 11.3 Å². The molecule has 6 aromatic rings. The molecule has 188 valence electrons. The van der Waals surface area contributed by atoms with Gasteiger partial charge in [-0.15, -0.1) is 11.3 Å². The Balaban J connectivity index is 1.40. The van der Waals surface area contributed by atoms with E-state index in [1.54, 1.807) is 25.5 Å². The molecule has 0 unspecified atom stereocenters. The molecule has 0 fully saturated rings. The molecule has 0 saturated carbocycles. The first-order valence-electron chi connectivity index (χ1n) is 12.1. The van der Waals surface area contributed by atoms with Crippen LogP contribution in [0.25, 0.3) is 55.2 Å². The van der Waals surface area contributed by atoms with Crippen LogP contribution in [-0.2, 0) is 4.79 Å². The summed E-state index contributed by atoms with van der Waals surface area (Å²) in [7, 11) is 0. The number of pyridine rings is 2. The number of hydrogen-bond acceptors (Lipinski definition) is 7. The number of ketones is 1. The zero-order valence-electron chi connectivity index (χ0n) is 20.9. The van der Waals surface area contributed by atoms with E-state index in [2.05, 4.69) is 30.5 Å². The highest BCUT2D eigenvalue weighted by molar-refractivity contribution is 7.17. The van der Waals surface area contributed by atoms with Gasteiger partial charge < -0.3 is 10.3 Å².